The number of anilines is 1. The van der Waals surface area contributed by atoms with E-state index in [9.17, 15) is 19.2 Å². The molecule has 5 N–H and O–H groups in total. The minimum absolute atomic E-state index is 0.0788. The number of benzene rings is 2. The Kier molecular flexibility index (Phi) is 4.98. The number of carbonyl (C=O) groups is 4. The largest absolute Gasteiger partial charge is 0.497 e. The van der Waals surface area contributed by atoms with Gasteiger partial charge in [-0.05, 0) is 48.7 Å². The van der Waals surface area contributed by atoms with Crippen LogP contribution >= 0.6 is 0 Å². The molecule has 4 atom stereocenters. The summed E-state index contributed by atoms with van der Waals surface area (Å²) in [6.07, 6.45) is -0.105. The van der Waals surface area contributed by atoms with Crippen molar-refractivity contribution >= 4 is 29.3 Å². The van der Waals surface area contributed by atoms with E-state index in [-0.39, 0.29) is 24.8 Å². The number of hydrogen-bond acceptors (Lipinski definition) is 5. The summed E-state index contributed by atoms with van der Waals surface area (Å²) >= 11 is 0. The molecular formula is C25H27N4O5+. The van der Waals surface area contributed by atoms with Gasteiger partial charge in [0.05, 0.1) is 25.8 Å². The van der Waals surface area contributed by atoms with Gasteiger partial charge >= 0.3 is 0 Å². The molecule has 2 aromatic carbocycles. The molecule has 9 nitrogen and oxygen atoms in total. The number of rotatable bonds is 5. The molecule has 5 rings (SSSR count). The van der Waals surface area contributed by atoms with E-state index in [2.05, 4.69) is 5.32 Å². The topological polar surface area (TPSA) is 135 Å². The first-order chi connectivity index (χ1) is 16.2. The number of fused-ring (bicyclic) bond motifs is 4. The van der Waals surface area contributed by atoms with Crippen LogP contribution in [-0.4, -0.2) is 41.7 Å². The van der Waals surface area contributed by atoms with E-state index < -0.39 is 35.2 Å². The highest BCUT2D eigenvalue weighted by atomic mass is 16.5. The molecule has 1 spiro atoms. The van der Waals surface area contributed by atoms with Crippen LogP contribution in [0.25, 0.3) is 0 Å². The van der Waals surface area contributed by atoms with Gasteiger partial charge in [0.2, 0.25) is 23.3 Å². The molecule has 4 amide bonds. The number of quaternary nitrogens is 1. The van der Waals surface area contributed by atoms with Crippen molar-refractivity contribution in [3.8, 4) is 5.75 Å². The summed E-state index contributed by atoms with van der Waals surface area (Å²) in [5.41, 5.74) is 8.21. The van der Waals surface area contributed by atoms with Gasteiger partial charge in [0.1, 0.15) is 23.6 Å². The Labute approximate surface area is 196 Å². The predicted octanol–water partition coefficient (Wildman–Crippen LogP) is 0.0818. The van der Waals surface area contributed by atoms with Crippen LogP contribution in [0, 0.1) is 25.7 Å². The number of nitrogens with two attached hydrogens (primary N) is 2. The fourth-order valence-electron chi connectivity index (χ4n) is 5.83. The molecule has 34 heavy (non-hydrogen) atoms. The van der Waals surface area contributed by atoms with Crippen LogP contribution in [0.4, 0.5) is 5.69 Å². The minimum atomic E-state index is -1.32. The maximum Gasteiger partial charge on any atom is 0.291 e. The summed E-state index contributed by atoms with van der Waals surface area (Å²) in [5, 5.41) is 4.68. The summed E-state index contributed by atoms with van der Waals surface area (Å²) in [4.78, 5) is 54.0. The van der Waals surface area contributed by atoms with Crippen LogP contribution in [0.15, 0.2) is 36.4 Å². The van der Waals surface area contributed by atoms with Gasteiger partial charge < -0.3 is 21.1 Å². The van der Waals surface area contributed by atoms with Crippen molar-refractivity contribution in [3.63, 3.8) is 0 Å². The molecule has 0 aliphatic carbocycles. The average molecular weight is 464 g/mol. The van der Waals surface area contributed by atoms with Gasteiger partial charge in [-0.2, -0.15) is 0 Å². The molecule has 3 heterocycles. The Balaban J connectivity index is 1.59. The molecule has 0 bridgehead atoms. The molecule has 0 unspecified atom stereocenters. The van der Waals surface area contributed by atoms with Crippen molar-refractivity contribution in [3.05, 3.63) is 58.7 Å². The molecular weight excluding hydrogens is 436 g/mol. The van der Waals surface area contributed by atoms with E-state index in [1.807, 2.05) is 26.0 Å². The van der Waals surface area contributed by atoms with Crippen molar-refractivity contribution in [2.75, 3.05) is 12.4 Å². The van der Waals surface area contributed by atoms with Crippen molar-refractivity contribution < 1.29 is 29.2 Å². The lowest BCUT2D eigenvalue weighted by Gasteiger charge is -2.26. The summed E-state index contributed by atoms with van der Waals surface area (Å²) in [6.45, 7) is 3.94. The Bertz CT molecular complexity index is 1240. The number of nitrogens with one attached hydrogen (secondary N) is 1. The average Bonchev–Trinajstić information content (AvgIpc) is 3.37. The zero-order chi connectivity index (χ0) is 24.4. The maximum absolute atomic E-state index is 13.8. The highest BCUT2D eigenvalue weighted by Gasteiger charge is 2.74. The lowest BCUT2D eigenvalue weighted by Crippen LogP contribution is -2.99. The Morgan fingerprint density at radius 3 is 2.47 bits per heavy atom. The number of methoxy groups -OCH3 is 1. The van der Waals surface area contributed by atoms with E-state index in [4.69, 9.17) is 10.5 Å². The second-order valence-electron chi connectivity index (χ2n) is 9.37. The fourth-order valence-corrected chi connectivity index (χ4v) is 5.83. The second-order valence-corrected chi connectivity index (χ2v) is 9.37. The number of nitrogens with zero attached hydrogens (tertiary/aromatic N) is 1. The number of ether oxygens (including phenoxy) is 1. The minimum Gasteiger partial charge on any atom is -0.497 e. The fraction of sp³-hybridized carbons (Fsp3) is 0.360. The first kappa shape index (κ1) is 22.1. The summed E-state index contributed by atoms with van der Waals surface area (Å²) in [5.74, 6) is -2.79. The Hall–Kier alpha value is -3.72. The normalized spacial score (nSPS) is 27.2. The van der Waals surface area contributed by atoms with E-state index in [0.717, 1.165) is 16.7 Å². The monoisotopic (exact) mass is 463 g/mol. The van der Waals surface area contributed by atoms with E-state index >= 15 is 0 Å². The number of hydrogen-bond donors (Lipinski definition) is 3. The number of imide groups is 1. The van der Waals surface area contributed by atoms with Gasteiger partial charge in [-0.15, -0.1) is 0 Å². The highest BCUT2D eigenvalue weighted by molar-refractivity contribution is 6.14. The first-order valence-electron chi connectivity index (χ1n) is 11.2. The smallest absolute Gasteiger partial charge is 0.291 e. The number of primary amides is 1. The molecule has 2 saturated heterocycles. The molecule has 176 valence electrons. The highest BCUT2D eigenvalue weighted by Crippen LogP contribution is 2.50. The summed E-state index contributed by atoms with van der Waals surface area (Å²) < 4.78 is 5.18. The van der Waals surface area contributed by atoms with Crippen molar-refractivity contribution in [2.24, 2.45) is 17.6 Å². The molecule has 3 aliphatic heterocycles. The van der Waals surface area contributed by atoms with Crippen molar-refractivity contribution in [1.29, 1.82) is 0 Å². The first-order valence-corrected chi connectivity index (χ1v) is 11.2. The van der Waals surface area contributed by atoms with Crippen molar-refractivity contribution in [1.82, 2.24) is 4.90 Å². The van der Waals surface area contributed by atoms with Crippen LogP contribution in [-0.2, 0) is 31.3 Å². The maximum atomic E-state index is 13.8. The summed E-state index contributed by atoms with van der Waals surface area (Å²) in [6, 6.07) is 10.3. The molecule has 9 heteroatoms. The zero-order valence-electron chi connectivity index (χ0n) is 19.3. The molecule has 0 aromatic heterocycles. The number of carbonyl (C=O) groups excluding carboxylic acids is 4. The van der Waals surface area contributed by atoms with Crippen LogP contribution in [0.1, 0.15) is 28.7 Å². The predicted molar refractivity (Wildman–Crippen MR) is 121 cm³/mol. The summed E-state index contributed by atoms with van der Waals surface area (Å²) in [7, 11) is 1.56. The van der Waals surface area contributed by atoms with Gasteiger partial charge in [-0.1, -0.05) is 18.2 Å². The van der Waals surface area contributed by atoms with Crippen LogP contribution in [0.2, 0.25) is 0 Å². The Morgan fingerprint density at radius 1 is 1.12 bits per heavy atom. The number of likely N-dealkylation sites (tertiary alicyclic amines) is 1. The number of amides is 4. The van der Waals surface area contributed by atoms with Gasteiger partial charge in [0, 0.05) is 5.56 Å². The molecule has 2 fully saturated rings. The standard InChI is InChI=1S/C25H26N4O5/c1-12-4-9-16-21(13(12)2)27-24(33)25(16)20-19(17(28-25)10-18(26)30)22(31)29(23(20)32)11-14-5-7-15(34-3)8-6-14/h4-9,17,19-20,28H,10-11H2,1-3H3,(H2,26,30)(H,27,33)/p+1/t17-,19+,20-,25+/m0/s1. The van der Waals surface area contributed by atoms with Crippen LogP contribution in [0.3, 0.4) is 0 Å². The molecule has 2 aromatic rings. The third kappa shape index (κ3) is 2.96. The van der Waals surface area contributed by atoms with E-state index in [1.165, 1.54) is 4.90 Å². The molecule has 0 saturated carbocycles. The lowest BCUT2D eigenvalue weighted by molar-refractivity contribution is -0.732. The SMILES string of the molecule is COc1ccc(CN2C(=O)[C@@H]3[C@H](CC(N)=O)[NH2+][C@@]4(C(=O)Nc5c4ccc(C)c5C)[C@@H]3C2=O)cc1. The van der Waals surface area contributed by atoms with E-state index in [0.29, 0.717) is 17.0 Å². The third-order valence-electron chi connectivity index (χ3n) is 7.60. The van der Waals surface area contributed by atoms with Crippen molar-refractivity contribution in [2.45, 2.75) is 38.4 Å². The Morgan fingerprint density at radius 2 is 1.82 bits per heavy atom. The number of aryl methyl sites for hydroxylation is 1. The van der Waals surface area contributed by atoms with Crippen LogP contribution < -0.4 is 21.1 Å². The molecule has 3 aliphatic rings. The molecule has 0 radical (unpaired) electrons. The second kappa shape index (κ2) is 7.66. The van der Waals surface area contributed by atoms with Gasteiger partial charge in [0.15, 0.2) is 0 Å². The van der Waals surface area contributed by atoms with Crippen LogP contribution in [0.5, 0.6) is 5.75 Å². The zero-order valence-corrected chi connectivity index (χ0v) is 19.3. The van der Waals surface area contributed by atoms with Gasteiger partial charge in [-0.25, -0.2) is 0 Å². The quantitative estimate of drug-likeness (QED) is 0.540. The van der Waals surface area contributed by atoms with Gasteiger partial charge in [-0.3, -0.25) is 24.1 Å². The lowest BCUT2D eigenvalue weighted by atomic mass is 9.76. The van der Waals surface area contributed by atoms with E-state index in [1.54, 1.807) is 36.7 Å². The van der Waals surface area contributed by atoms with Gasteiger partial charge in [0.25, 0.3) is 5.91 Å². The third-order valence-corrected chi connectivity index (χ3v) is 7.60.